The van der Waals surface area contributed by atoms with Crippen LogP contribution in [0.25, 0.3) is 0 Å². The van der Waals surface area contributed by atoms with Gasteiger partial charge in [0.05, 0.1) is 6.04 Å². The van der Waals surface area contributed by atoms with E-state index in [0.717, 1.165) is 4.88 Å². The molecule has 1 heterocycles. The molecule has 1 amide bonds. The first-order chi connectivity index (χ1) is 8.53. The third-order valence-corrected chi connectivity index (χ3v) is 4.66. The second kappa shape index (κ2) is 4.61. The monoisotopic (exact) mass is 267 g/mol. The molecule has 2 rings (SSSR count). The molecule has 1 aromatic heterocycles. The maximum Gasteiger partial charge on any atom is 0.236 e. The molecule has 0 aromatic carbocycles. The number of oxime groups is 1. The molecule has 0 spiro atoms. The molecule has 0 aliphatic heterocycles. The van der Waals surface area contributed by atoms with E-state index < -0.39 is 5.41 Å². The molecule has 1 aliphatic carbocycles. The fourth-order valence-electron chi connectivity index (χ4n) is 2.03. The second-order valence-electron chi connectivity index (χ2n) is 4.67. The SMILES string of the molecule is CC(c1cccs1)N(C)C(=O)C1(/C(N)=N/O)CC1. The predicted molar refractivity (Wildman–Crippen MR) is 70.6 cm³/mol. The van der Waals surface area contributed by atoms with E-state index in [1.165, 1.54) is 0 Å². The van der Waals surface area contributed by atoms with Gasteiger partial charge in [-0.05, 0) is 31.2 Å². The number of amidine groups is 1. The van der Waals surface area contributed by atoms with E-state index in [0.29, 0.717) is 12.8 Å². The summed E-state index contributed by atoms with van der Waals surface area (Å²) in [5, 5.41) is 13.7. The molecule has 6 heteroatoms. The zero-order valence-corrected chi connectivity index (χ0v) is 11.3. The summed E-state index contributed by atoms with van der Waals surface area (Å²) in [7, 11) is 1.76. The van der Waals surface area contributed by atoms with Crippen molar-refractivity contribution in [1.29, 1.82) is 0 Å². The molecular weight excluding hydrogens is 250 g/mol. The molecule has 1 atom stereocenters. The summed E-state index contributed by atoms with van der Waals surface area (Å²) in [6.45, 7) is 1.98. The lowest BCUT2D eigenvalue weighted by Crippen LogP contribution is -2.42. The number of nitrogens with two attached hydrogens (primary N) is 1. The lowest BCUT2D eigenvalue weighted by Gasteiger charge is -2.28. The molecule has 3 N–H and O–H groups in total. The smallest absolute Gasteiger partial charge is 0.236 e. The topological polar surface area (TPSA) is 78.9 Å². The zero-order valence-electron chi connectivity index (χ0n) is 10.5. The van der Waals surface area contributed by atoms with Gasteiger partial charge in [-0.25, -0.2) is 0 Å². The first-order valence-corrected chi connectivity index (χ1v) is 6.69. The second-order valence-corrected chi connectivity index (χ2v) is 5.65. The van der Waals surface area contributed by atoms with Crippen LogP contribution >= 0.6 is 11.3 Å². The summed E-state index contributed by atoms with van der Waals surface area (Å²) in [5.41, 5.74) is 4.86. The Hall–Kier alpha value is -1.56. The molecule has 1 aliphatic rings. The summed E-state index contributed by atoms with van der Waals surface area (Å²) in [6.07, 6.45) is 1.31. The molecule has 1 unspecified atom stereocenters. The summed E-state index contributed by atoms with van der Waals surface area (Å²) in [6, 6.07) is 3.97. The van der Waals surface area contributed by atoms with Gasteiger partial charge in [0.1, 0.15) is 5.41 Å². The van der Waals surface area contributed by atoms with Crippen molar-refractivity contribution in [3.63, 3.8) is 0 Å². The van der Waals surface area contributed by atoms with E-state index in [1.807, 2.05) is 24.4 Å². The Bertz CT molecular complexity index is 466. The maximum atomic E-state index is 12.4. The number of hydrogen-bond acceptors (Lipinski definition) is 4. The van der Waals surface area contributed by atoms with Crippen LogP contribution in [0.5, 0.6) is 0 Å². The van der Waals surface area contributed by atoms with Gasteiger partial charge in [-0.2, -0.15) is 0 Å². The van der Waals surface area contributed by atoms with Crippen molar-refractivity contribution in [2.45, 2.75) is 25.8 Å². The maximum absolute atomic E-state index is 12.4. The van der Waals surface area contributed by atoms with Crippen LogP contribution in [0.4, 0.5) is 0 Å². The van der Waals surface area contributed by atoms with Gasteiger partial charge in [-0.1, -0.05) is 11.2 Å². The van der Waals surface area contributed by atoms with Crippen molar-refractivity contribution in [2.75, 3.05) is 7.05 Å². The number of hydrogen-bond donors (Lipinski definition) is 2. The molecular formula is C12H17N3O2S. The van der Waals surface area contributed by atoms with Crippen LogP contribution in [-0.4, -0.2) is 28.9 Å². The number of thiophene rings is 1. The molecule has 18 heavy (non-hydrogen) atoms. The zero-order chi connectivity index (χ0) is 13.3. The Morgan fingerprint density at radius 2 is 2.33 bits per heavy atom. The highest BCUT2D eigenvalue weighted by Crippen LogP contribution is 2.48. The third kappa shape index (κ3) is 1.96. The summed E-state index contributed by atoms with van der Waals surface area (Å²) in [5.74, 6) is -0.0450. The van der Waals surface area contributed by atoms with Gasteiger partial charge in [-0.3, -0.25) is 4.79 Å². The number of carbonyl (C=O) groups is 1. The van der Waals surface area contributed by atoms with Gasteiger partial charge >= 0.3 is 0 Å². The fraction of sp³-hybridized carbons (Fsp3) is 0.500. The molecule has 98 valence electrons. The van der Waals surface area contributed by atoms with E-state index in [4.69, 9.17) is 10.9 Å². The van der Waals surface area contributed by atoms with Crippen molar-refractivity contribution >= 4 is 23.1 Å². The number of carbonyl (C=O) groups excluding carboxylic acids is 1. The highest BCUT2D eigenvalue weighted by molar-refractivity contribution is 7.10. The van der Waals surface area contributed by atoms with Crippen LogP contribution in [0.3, 0.4) is 0 Å². The van der Waals surface area contributed by atoms with Crippen molar-refractivity contribution < 1.29 is 10.0 Å². The highest BCUT2D eigenvalue weighted by Gasteiger charge is 2.55. The van der Waals surface area contributed by atoms with Gasteiger partial charge in [0.25, 0.3) is 0 Å². The Morgan fingerprint density at radius 3 is 2.78 bits per heavy atom. The van der Waals surface area contributed by atoms with E-state index >= 15 is 0 Å². The average Bonchev–Trinajstić information content (AvgIpc) is 3.02. The molecule has 1 saturated carbocycles. The Kier molecular flexibility index (Phi) is 3.30. The average molecular weight is 267 g/mol. The Balaban J connectivity index is 2.15. The first-order valence-electron chi connectivity index (χ1n) is 5.81. The summed E-state index contributed by atoms with van der Waals surface area (Å²) < 4.78 is 0. The lowest BCUT2D eigenvalue weighted by molar-refractivity contribution is -0.135. The largest absolute Gasteiger partial charge is 0.409 e. The van der Waals surface area contributed by atoms with Gasteiger partial charge in [-0.15, -0.1) is 11.3 Å². The molecule has 5 nitrogen and oxygen atoms in total. The van der Waals surface area contributed by atoms with Crippen LogP contribution in [0.15, 0.2) is 22.7 Å². The molecule has 0 bridgehead atoms. The molecule has 1 fully saturated rings. The van der Waals surface area contributed by atoms with Crippen molar-refractivity contribution in [3.8, 4) is 0 Å². The predicted octanol–water partition coefficient (Wildman–Crippen LogP) is 1.79. The fourth-order valence-corrected chi connectivity index (χ4v) is 2.86. The third-order valence-electron chi connectivity index (χ3n) is 3.61. The number of amides is 1. The van der Waals surface area contributed by atoms with E-state index in [-0.39, 0.29) is 17.8 Å². The minimum atomic E-state index is -0.769. The van der Waals surface area contributed by atoms with Gasteiger partial charge in [0, 0.05) is 11.9 Å². The van der Waals surface area contributed by atoms with E-state index in [2.05, 4.69) is 5.16 Å². The van der Waals surface area contributed by atoms with Crippen LogP contribution in [0.1, 0.15) is 30.7 Å². The first kappa shape index (κ1) is 12.9. The minimum absolute atomic E-state index is 0.00136. The summed E-state index contributed by atoms with van der Waals surface area (Å²) >= 11 is 1.62. The summed E-state index contributed by atoms with van der Waals surface area (Å²) in [4.78, 5) is 15.2. The van der Waals surface area contributed by atoms with Gasteiger partial charge in [0.15, 0.2) is 5.84 Å². The minimum Gasteiger partial charge on any atom is -0.409 e. The van der Waals surface area contributed by atoms with Gasteiger partial charge < -0.3 is 15.8 Å². The van der Waals surface area contributed by atoms with Crippen LogP contribution in [0, 0.1) is 5.41 Å². The van der Waals surface area contributed by atoms with E-state index in [1.54, 1.807) is 23.3 Å². The highest BCUT2D eigenvalue weighted by atomic mass is 32.1. The molecule has 0 radical (unpaired) electrons. The van der Waals surface area contributed by atoms with Crippen LogP contribution < -0.4 is 5.73 Å². The molecule has 1 aromatic rings. The van der Waals surface area contributed by atoms with Gasteiger partial charge in [0.2, 0.25) is 5.91 Å². The lowest BCUT2D eigenvalue weighted by atomic mass is 10.0. The Morgan fingerprint density at radius 1 is 1.67 bits per heavy atom. The van der Waals surface area contributed by atoms with Crippen molar-refractivity contribution in [3.05, 3.63) is 22.4 Å². The van der Waals surface area contributed by atoms with Crippen molar-refractivity contribution in [2.24, 2.45) is 16.3 Å². The van der Waals surface area contributed by atoms with Crippen LogP contribution in [-0.2, 0) is 4.79 Å². The standard InChI is InChI=1S/C12H17N3O2S/c1-8(9-4-3-7-18-9)15(2)11(16)12(5-6-12)10(13)14-17/h3-4,7-8,17H,5-6H2,1-2H3,(H2,13,14). The van der Waals surface area contributed by atoms with Crippen molar-refractivity contribution in [1.82, 2.24) is 4.90 Å². The van der Waals surface area contributed by atoms with Crippen LogP contribution in [0.2, 0.25) is 0 Å². The Labute approximate surface area is 110 Å². The normalized spacial score (nSPS) is 19.3. The quantitative estimate of drug-likeness (QED) is 0.378. The van der Waals surface area contributed by atoms with E-state index in [9.17, 15) is 4.79 Å². The number of rotatable bonds is 4. The number of nitrogens with zero attached hydrogens (tertiary/aromatic N) is 2. The molecule has 0 saturated heterocycles.